The van der Waals surface area contributed by atoms with Crippen molar-refractivity contribution in [2.24, 2.45) is 0 Å². The Kier molecular flexibility index (Phi) is 4.51. The van der Waals surface area contributed by atoms with Crippen LogP contribution in [0.2, 0.25) is 0 Å². The van der Waals surface area contributed by atoms with Crippen LogP contribution < -0.4 is 10.5 Å². The summed E-state index contributed by atoms with van der Waals surface area (Å²) in [6.45, 7) is 1.69. The van der Waals surface area contributed by atoms with Gasteiger partial charge in [0.2, 0.25) is 0 Å². The summed E-state index contributed by atoms with van der Waals surface area (Å²) in [4.78, 5) is 21.8. The number of anilines is 1. The molecular formula is C12H15NO3. The molecule has 2 N–H and O–H groups in total. The molecule has 1 rings (SSSR count). The van der Waals surface area contributed by atoms with Crippen molar-refractivity contribution in [3.05, 3.63) is 24.3 Å². The molecule has 0 unspecified atom stereocenters. The van der Waals surface area contributed by atoms with Crippen molar-refractivity contribution < 1.29 is 14.3 Å². The number of rotatable bonds is 6. The summed E-state index contributed by atoms with van der Waals surface area (Å²) in [6, 6.07) is 6.94. The van der Waals surface area contributed by atoms with Crippen molar-refractivity contribution in [3.63, 3.8) is 0 Å². The van der Waals surface area contributed by atoms with Crippen LogP contribution in [0.5, 0.6) is 5.75 Å². The molecule has 0 fully saturated rings. The Morgan fingerprint density at radius 1 is 1.25 bits per heavy atom. The lowest BCUT2D eigenvalue weighted by molar-refractivity contribution is -0.126. The van der Waals surface area contributed by atoms with Crippen LogP contribution in [-0.2, 0) is 9.59 Å². The molecular weight excluding hydrogens is 206 g/mol. The van der Waals surface area contributed by atoms with E-state index < -0.39 is 0 Å². The van der Waals surface area contributed by atoms with Gasteiger partial charge in [0.05, 0.1) is 13.0 Å². The Labute approximate surface area is 94.4 Å². The van der Waals surface area contributed by atoms with Gasteiger partial charge in [-0.05, 0) is 31.2 Å². The predicted molar refractivity (Wildman–Crippen MR) is 61.3 cm³/mol. The van der Waals surface area contributed by atoms with Crippen molar-refractivity contribution in [2.75, 3.05) is 12.3 Å². The molecule has 0 amide bonds. The SMILES string of the molecule is CC(=O)CC(=O)CCOc1ccc(N)cc1. The fourth-order valence-electron chi connectivity index (χ4n) is 1.21. The monoisotopic (exact) mass is 221 g/mol. The highest BCUT2D eigenvalue weighted by molar-refractivity contribution is 5.97. The van der Waals surface area contributed by atoms with Gasteiger partial charge in [0.15, 0.2) is 0 Å². The molecule has 0 heterocycles. The second-order valence-corrected chi connectivity index (χ2v) is 3.58. The zero-order chi connectivity index (χ0) is 12.0. The molecule has 0 radical (unpaired) electrons. The highest BCUT2D eigenvalue weighted by Crippen LogP contribution is 2.13. The summed E-state index contributed by atoms with van der Waals surface area (Å²) < 4.78 is 5.33. The first kappa shape index (κ1) is 12.2. The zero-order valence-electron chi connectivity index (χ0n) is 9.23. The number of ketones is 2. The fourth-order valence-corrected chi connectivity index (χ4v) is 1.21. The van der Waals surface area contributed by atoms with Crippen LogP contribution in [0.4, 0.5) is 5.69 Å². The number of benzene rings is 1. The van der Waals surface area contributed by atoms with Crippen molar-refractivity contribution >= 4 is 17.3 Å². The van der Waals surface area contributed by atoms with Crippen LogP contribution in [0.25, 0.3) is 0 Å². The van der Waals surface area contributed by atoms with E-state index in [4.69, 9.17) is 10.5 Å². The molecule has 0 aliphatic carbocycles. The van der Waals surface area contributed by atoms with Gasteiger partial charge >= 0.3 is 0 Å². The number of nitrogens with two attached hydrogens (primary N) is 1. The molecule has 0 saturated carbocycles. The van der Waals surface area contributed by atoms with Crippen LogP contribution in [0, 0.1) is 0 Å². The third-order valence-electron chi connectivity index (χ3n) is 1.98. The lowest BCUT2D eigenvalue weighted by atomic mass is 10.2. The van der Waals surface area contributed by atoms with Crippen LogP contribution in [0.3, 0.4) is 0 Å². The van der Waals surface area contributed by atoms with Gasteiger partial charge in [-0.3, -0.25) is 9.59 Å². The summed E-state index contributed by atoms with van der Waals surface area (Å²) >= 11 is 0. The second kappa shape index (κ2) is 5.90. The highest BCUT2D eigenvalue weighted by atomic mass is 16.5. The second-order valence-electron chi connectivity index (χ2n) is 3.58. The Hall–Kier alpha value is -1.84. The van der Waals surface area contributed by atoms with Gasteiger partial charge in [-0.15, -0.1) is 0 Å². The van der Waals surface area contributed by atoms with E-state index in [0.29, 0.717) is 11.4 Å². The van der Waals surface area contributed by atoms with Gasteiger partial charge in [0, 0.05) is 12.1 Å². The number of hydrogen-bond acceptors (Lipinski definition) is 4. The third-order valence-corrected chi connectivity index (χ3v) is 1.98. The maximum atomic E-state index is 11.2. The Morgan fingerprint density at radius 2 is 1.88 bits per heavy atom. The average Bonchev–Trinajstić information content (AvgIpc) is 2.20. The van der Waals surface area contributed by atoms with E-state index in [0.717, 1.165) is 0 Å². The minimum absolute atomic E-state index is 0.00883. The standard InChI is InChI=1S/C12H15NO3/c1-9(14)8-11(15)6-7-16-12-4-2-10(13)3-5-12/h2-5H,6-8,13H2,1H3. The number of Topliss-reactive ketones (excluding diaryl/α,β-unsaturated/α-hetero) is 2. The minimum Gasteiger partial charge on any atom is -0.493 e. The van der Waals surface area contributed by atoms with E-state index in [9.17, 15) is 9.59 Å². The summed E-state index contributed by atoms with van der Waals surface area (Å²) in [7, 11) is 0. The average molecular weight is 221 g/mol. The molecule has 16 heavy (non-hydrogen) atoms. The Balaban J connectivity index is 2.28. The van der Waals surface area contributed by atoms with Gasteiger partial charge in [-0.25, -0.2) is 0 Å². The lowest BCUT2D eigenvalue weighted by Crippen LogP contribution is -2.09. The van der Waals surface area contributed by atoms with Gasteiger partial charge < -0.3 is 10.5 Å². The molecule has 4 heteroatoms. The van der Waals surface area contributed by atoms with Gasteiger partial charge in [-0.2, -0.15) is 0 Å². The molecule has 0 atom stereocenters. The largest absolute Gasteiger partial charge is 0.493 e. The van der Waals surface area contributed by atoms with Gasteiger partial charge in [-0.1, -0.05) is 0 Å². The number of carbonyl (C=O) groups excluding carboxylic acids is 2. The summed E-state index contributed by atoms with van der Waals surface area (Å²) in [5.74, 6) is 0.463. The van der Waals surface area contributed by atoms with Crippen molar-refractivity contribution in [2.45, 2.75) is 19.8 Å². The number of ether oxygens (including phenoxy) is 1. The molecule has 0 aliphatic heterocycles. The molecule has 4 nitrogen and oxygen atoms in total. The van der Waals surface area contributed by atoms with Crippen LogP contribution in [-0.4, -0.2) is 18.2 Å². The van der Waals surface area contributed by atoms with E-state index in [-0.39, 0.29) is 31.0 Å². The van der Waals surface area contributed by atoms with Crippen LogP contribution in [0.1, 0.15) is 19.8 Å². The third kappa shape index (κ3) is 4.59. The van der Waals surface area contributed by atoms with Gasteiger partial charge in [0.1, 0.15) is 17.3 Å². The molecule has 0 aromatic heterocycles. The lowest BCUT2D eigenvalue weighted by Gasteiger charge is -2.05. The maximum Gasteiger partial charge on any atom is 0.143 e. The van der Waals surface area contributed by atoms with Crippen molar-refractivity contribution in [1.29, 1.82) is 0 Å². The normalized spacial score (nSPS) is 9.81. The van der Waals surface area contributed by atoms with E-state index in [1.807, 2.05) is 0 Å². The Morgan fingerprint density at radius 3 is 2.44 bits per heavy atom. The number of carbonyl (C=O) groups is 2. The zero-order valence-corrected chi connectivity index (χ0v) is 9.23. The van der Waals surface area contributed by atoms with E-state index >= 15 is 0 Å². The summed E-state index contributed by atoms with van der Waals surface area (Å²) in [5.41, 5.74) is 6.18. The smallest absolute Gasteiger partial charge is 0.143 e. The van der Waals surface area contributed by atoms with Crippen molar-refractivity contribution in [3.8, 4) is 5.75 Å². The highest BCUT2D eigenvalue weighted by Gasteiger charge is 2.05. The molecule has 86 valence electrons. The Bertz CT molecular complexity index is 370. The molecule has 1 aromatic rings. The maximum absolute atomic E-state index is 11.2. The van der Waals surface area contributed by atoms with Crippen molar-refractivity contribution in [1.82, 2.24) is 0 Å². The molecule has 0 spiro atoms. The molecule has 0 bridgehead atoms. The topological polar surface area (TPSA) is 69.4 Å². The van der Waals surface area contributed by atoms with Crippen LogP contribution >= 0.6 is 0 Å². The molecule has 1 aromatic carbocycles. The first-order valence-corrected chi connectivity index (χ1v) is 5.07. The number of hydrogen-bond donors (Lipinski definition) is 1. The number of nitrogen functional groups attached to an aromatic ring is 1. The van der Waals surface area contributed by atoms with E-state index in [1.165, 1.54) is 6.92 Å². The quantitative estimate of drug-likeness (QED) is 0.585. The first-order valence-electron chi connectivity index (χ1n) is 5.07. The summed E-state index contributed by atoms with van der Waals surface area (Å²) in [5, 5.41) is 0. The molecule has 0 saturated heterocycles. The molecule has 0 aliphatic rings. The minimum atomic E-state index is -0.113. The fraction of sp³-hybridized carbons (Fsp3) is 0.333. The first-order chi connectivity index (χ1) is 7.58. The van der Waals surface area contributed by atoms with E-state index in [2.05, 4.69) is 0 Å². The van der Waals surface area contributed by atoms with Crippen LogP contribution in [0.15, 0.2) is 24.3 Å². The summed E-state index contributed by atoms with van der Waals surface area (Å²) in [6.07, 6.45) is 0.245. The van der Waals surface area contributed by atoms with E-state index in [1.54, 1.807) is 24.3 Å². The predicted octanol–water partition coefficient (Wildman–Crippen LogP) is 1.59. The van der Waals surface area contributed by atoms with Gasteiger partial charge in [0.25, 0.3) is 0 Å².